The number of esters is 1. The van der Waals surface area contributed by atoms with E-state index in [1.165, 1.54) is 12.1 Å². The maximum absolute atomic E-state index is 12.0. The van der Waals surface area contributed by atoms with Crippen LogP contribution in [0, 0.1) is 0 Å². The lowest BCUT2D eigenvalue weighted by Crippen LogP contribution is -2.27. The fourth-order valence-electron chi connectivity index (χ4n) is 1.91. The minimum Gasteiger partial charge on any atom is -0.457 e. The van der Waals surface area contributed by atoms with Crippen molar-refractivity contribution in [2.24, 2.45) is 0 Å². The van der Waals surface area contributed by atoms with Gasteiger partial charge in [0.25, 0.3) is 0 Å². The summed E-state index contributed by atoms with van der Waals surface area (Å²) in [5.41, 5.74) is 0.431. The molecule has 0 aromatic heterocycles. The number of ether oxygens (including phenoxy) is 1. The number of carbonyl (C=O) groups is 2. The molecular formula is C17H16BrNO5S. The molecule has 0 aliphatic carbocycles. The third-order valence-corrected chi connectivity index (χ3v) is 5.21. The summed E-state index contributed by atoms with van der Waals surface area (Å²) in [5.74, 6) is -0.980. The minimum atomic E-state index is -3.66. The first-order chi connectivity index (χ1) is 11.9. The number of carbonyl (C=O) groups excluding carboxylic acids is 2. The van der Waals surface area contributed by atoms with E-state index in [1.807, 2.05) is 0 Å². The number of benzene rings is 2. The Bertz CT molecular complexity index is 835. The van der Waals surface area contributed by atoms with E-state index in [-0.39, 0.29) is 30.3 Å². The first-order valence-electron chi connectivity index (χ1n) is 7.37. The van der Waals surface area contributed by atoms with Crippen molar-refractivity contribution in [1.82, 2.24) is 4.72 Å². The van der Waals surface area contributed by atoms with Crippen molar-refractivity contribution < 1.29 is 22.7 Å². The number of hydrogen-bond donors (Lipinski definition) is 1. The van der Waals surface area contributed by atoms with Gasteiger partial charge < -0.3 is 4.74 Å². The zero-order valence-electron chi connectivity index (χ0n) is 13.1. The fourth-order valence-corrected chi connectivity index (χ4v) is 3.22. The Morgan fingerprint density at radius 1 is 1.00 bits per heavy atom. The van der Waals surface area contributed by atoms with Crippen molar-refractivity contribution in [3.63, 3.8) is 0 Å². The van der Waals surface area contributed by atoms with Crippen LogP contribution >= 0.6 is 15.9 Å². The third kappa shape index (κ3) is 6.08. The molecule has 0 bridgehead atoms. The van der Waals surface area contributed by atoms with E-state index in [4.69, 9.17) is 4.74 Å². The van der Waals surface area contributed by atoms with Crippen molar-refractivity contribution >= 4 is 37.7 Å². The zero-order chi connectivity index (χ0) is 18.3. The molecule has 0 radical (unpaired) electrons. The van der Waals surface area contributed by atoms with Gasteiger partial charge in [-0.3, -0.25) is 9.59 Å². The van der Waals surface area contributed by atoms with Crippen LogP contribution in [0.5, 0.6) is 0 Å². The zero-order valence-corrected chi connectivity index (χ0v) is 15.5. The van der Waals surface area contributed by atoms with Gasteiger partial charge in [-0.2, -0.15) is 0 Å². The topological polar surface area (TPSA) is 89.5 Å². The lowest BCUT2D eigenvalue weighted by molar-refractivity contribution is -0.142. The molecule has 0 aliphatic heterocycles. The highest BCUT2D eigenvalue weighted by atomic mass is 79.9. The molecule has 132 valence electrons. The van der Waals surface area contributed by atoms with Crippen molar-refractivity contribution in [2.45, 2.75) is 11.3 Å². The normalized spacial score (nSPS) is 11.1. The molecule has 8 heteroatoms. The van der Waals surface area contributed by atoms with E-state index >= 15 is 0 Å². The summed E-state index contributed by atoms with van der Waals surface area (Å²) in [5, 5.41) is 0. The first-order valence-corrected chi connectivity index (χ1v) is 9.65. The second-order valence-electron chi connectivity index (χ2n) is 5.05. The van der Waals surface area contributed by atoms with Crippen LogP contribution in [0.2, 0.25) is 0 Å². The average molecular weight is 426 g/mol. The molecule has 0 fully saturated rings. The van der Waals surface area contributed by atoms with Gasteiger partial charge in [0.2, 0.25) is 10.0 Å². The van der Waals surface area contributed by atoms with Gasteiger partial charge in [0.15, 0.2) is 12.4 Å². The van der Waals surface area contributed by atoms with E-state index in [0.29, 0.717) is 5.56 Å². The molecule has 6 nitrogen and oxygen atoms in total. The van der Waals surface area contributed by atoms with Crippen LogP contribution in [0.4, 0.5) is 0 Å². The lowest BCUT2D eigenvalue weighted by Gasteiger charge is -2.07. The highest BCUT2D eigenvalue weighted by molar-refractivity contribution is 9.10. The van der Waals surface area contributed by atoms with Crippen molar-refractivity contribution in [2.75, 3.05) is 13.2 Å². The van der Waals surface area contributed by atoms with E-state index < -0.39 is 16.0 Å². The Hall–Kier alpha value is -2.03. The summed E-state index contributed by atoms with van der Waals surface area (Å²) in [6, 6.07) is 14.5. The van der Waals surface area contributed by atoms with E-state index in [0.717, 1.165) is 4.47 Å². The predicted molar refractivity (Wildman–Crippen MR) is 95.7 cm³/mol. The summed E-state index contributed by atoms with van der Waals surface area (Å²) in [6.07, 6.45) is -0.167. The molecule has 2 aromatic carbocycles. The maximum Gasteiger partial charge on any atom is 0.307 e. The highest BCUT2D eigenvalue weighted by Gasteiger charge is 2.14. The Labute approximate surface area is 154 Å². The van der Waals surface area contributed by atoms with Gasteiger partial charge >= 0.3 is 5.97 Å². The van der Waals surface area contributed by atoms with Crippen molar-refractivity contribution in [3.8, 4) is 0 Å². The molecule has 0 aliphatic rings. The summed E-state index contributed by atoms with van der Waals surface area (Å²) in [6.45, 7) is -0.492. The van der Waals surface area contributed by atoms with E-state index in [9.17, 15) is 18.0 Å². The molecule has 2 aromatic rings. The third-order valence-electron chi connectivity index (χ3n) is 3.21. The quantitative estimate of drug-likeness (QED) is 0.518. The van der Waals surface area contributed by atoms with Crippen LogP contribution in [0.25, 0.3) is 0 Å². The number of hydrogen-bond acceptors (Lipinski definition) is 5. The first kappa shape index (κ1) is 19.3. The van der Waals surface area contributed by atoms with Gasteiger partial charge in [-0.15, -0.1) is 0 Å². The number of rotatable bonds is 8. The fraction of sp³-hybridized carbons (Fsp3) is 0.176. The largest absolute Gasteiger partial charge is 0.457 e. The predicted octanol–water partition coefficient (Wildman–Crippen LogP) is 2.54. The van der Waals surface area contributed by atoms with E-state index in [1.54, 1.807) is 42.5 Å². The number of Topliss-reactive ketones (excluding diaryl/α,β-unsaturated/α-hetero) is 1. The molecule has 25 heavy (non-hydrogen) atoms. The smallest absolute Gasteiger partial charge is 0.307 e. The molecule has 1 N–H and O–H groups in total. The number of ketones is 1. The van der Waals surface area contributed by atoms with Crippen LogP contribution in [0.1, 0.15) is 16.8 Å². The van der Waals surface area contributed by atoms with Crippen molar-refractivity contribution in [3.05, 3.63) is 64.6 Å². The molecule has 0 amide bonds. The SMILES string of the molecule is O=C(CCNS(=O)(=O)c1ccccc1)OCC(=O)c1ccc(Br)cc1. The van der Waals surface area contributed by atoms with Gasteiger partial charge in [0, 0.05) is 16.6 Å². The molecule has 0 unspecified atom stereocenters. The summed E-state index contributed by atoms with van der Waals surface area (Å²) < 4.78 is 32.0. The Morgan fingerprint density at radius 2 is 1.64 bits per heavy atom. The molecule has 0 saturated heterocycles. The summed E-state index contributed by atoms with van der Waals surface area (Å²) >= 11 is 3.27. The molecule has 2 rings (SSSR count). The molecule has 0 saturated carbocycles. The van der Waals surface area contributed by atoms with Crippen LogP contribution in [-0.2, 0) is 19.6 Å². The number of sulfonamides is 1. The second kappa shape index (κ2) is 8.89. The minimum absolute atomic E-state index is 0.109. The van der Waals surface area contributed by atoms with Gasteiger partial charge in [-0.1, -0.05) is 46.3 Å². The summed E-state index contributed by atoms with van der Waals surface area (Å²) in [7, 11) is -3.66. The maximum atomic E-state index is 12.0. The van der Waals surface area contributed by atoms with Crippen molar-refractivity contribution in [1.29, 1.82) is 0 Å². The summed E-state index contributed by atoms with van der Waals surface area (Å²) in [4.78, 5) is 23.6. The van der Waals surface area contributed by atoms with Crippen LogP contribution in [0.3, 0.4) is 0 Å². The number of nitrogens with one attached hydrogen (secondary N) is 1. The highest BCUT2D eigenvalue weighted by Crippen LogP contribution is 2.11. The molecule has 0 atom stereocenters. The van der Waals surface area contributed by atoms with E-state index in [2.05, 4.69) is 20.7 Å². The molecule has 0 heterocycles. The molecule has 0 spiro atoms. The van der Waals surface area contributed by atoms with Crippen LogP contribution in [-0.4, -0.2) is 33.3 Å². The Kier molecular flexibility index (Phi) is 6.86. The van der Waals surface area contributed by atoms with Gasteiger partial charge in [-0.05, 0) is 24.3 Å². The monoisotopic (exact) mass is 425 g/mol. The van der Waals surface area contributed by atoms with Crippen LogP contribution < -0.4 is 4.72 Å². The van der Waals surface area contributed by atoms with Gasteiger partial charge in [0.05, 0.1) is 11.3 Å². The average Bonchev–Trinajstić information content (AvgIpc) is 2.61. The standard InChI is InChI=1S/C17H16BrNO5S/c18-14-8-6-13(7-9-14)16(20)12-24-17(21)10-11-19-25(22,23)15-4-2-1-3-5-15/h1-9,19H,10-12H2. The number of halogens is 1. The molecular weight excluding hydrogens is 410 g/mol. The van der Waals surface area contributed by atoms with Gasteiger partial charge in [0.1, 0.15) is 0 Å². The second-order valence-corrected chi connectivity index (χ2v) is 7.73. The Balaban J connectivity index is 1.75. The lowest BCUT2D eigenvalue weighted by atomic mass is 10.1. The van der Waals surface area contributed by atoms with Crippen LogP contribution in [0.15, 0.2) is 64.0 Å². The Morgan fingerprint density at radius 3 is 2.28 bits per heavy atom. The van der Waals surface area contributed by atoms with Gasteiger partial charge in [-0.25, -0.2) is 13.1 Å².